The minimum Gasteiger partial charge on any atom is -0.303 e. The number of hydroxylamine groups is 1. The van der Waals surface area contributed by atoms with Crippen molar-refractivity contribution < 1.29 is 9.63 Å². The zero-order valence-electron chi connectivity index (χ0n) is 10.0. The van der Waals surface area contributed by atoms with E-state index < -0.39 is 0 Å². The number of rotatable bonds is 4. The first-order valence-corrected chi connectivity index (χ1v) is 5.66. The highest BCUT2D eigenvalue weighted by molar-refractivity contribution is 5.74. The largest absolute Gasteiger partial charge is 0.303 e. The van der Waals surface area contributed by atoms with Gasteiger partial charge in [0, 0.05) is 13.0 Å². The third-order valence-corrected chi connectivity index (χ3v) is 2.32. The van der Waals surface area contributed by atoms with Crippen LogP contribution in [0.25, 0.3) is 0 Å². The molecule has 1 heterocycles. The van der Waals surface area contributed by atoms with Crippen molar-refractivity contribution in [1.82, 2.24) is 10.4 Å². The van der Waals surface area contributed by atoms with Crippen LogP contribution < -0.4 is 5.48 Å². The van der Waals surface area contributed by atoms with Gasteiger partial charge in [-0.25, -0.2) is 5.48 Å². The van der Waals surface area contributed by atoms with Gasteiger partial charge in [0.15, 0.2) is 0 Å². The summed E-state index contributed by atoms with van der Waals surface area (Å²) in [6, 6.07) is 0. The summed E-state index contributed by atoms with van der Waals surface area (Å²) in [4.78, 5) is 18.9. The third-order valence-electron chi connectivity index (χ3n) is 2.32. The third kappa shape index (κ3) is 5.74. The van der Waals surface area contributed by atoms with Gasteiger partial charge in [-0.3, -0.25) is 9.63 Å². The van der Waals surface area contributed by atoms with Gasteiger partial charge in [0.25, 0.3) is 0 Å². The molecule has 0 aromatic heterocycles. The fourth-order valence-corrected chi connectivity index (χ4v) is 1.53. The molecule has 4 nitrogen and oxygen atoms in total. The second-order valence-electron chi connectivity index (χ2n) is 5.04. The topological polar surface area (TPSA) is 41.6 Å². The predicted molar refractivity (Wildman–Crippen MR) is 59.3 cm³/mol. The van der Waals surface area contributed by atoms with E-state index >= 15 is 0 Å². The zero-order valence-corrected chi connectivity index (χ0v) is 10.0. The van der Waals surface area contributed by atoms with Crippen molar-refractivity contribution in [2.24, 2.45) is 0 Å². The summed E-state index contributed by atoms with van der Waals surface area (Å²) in [6.07, 6.45) is 3.05. The summed E-state index contributed by atoms with van der Waals surface area (Å²) in [5.41, 5.74) is 2.16. The predicted octanol–water partition coefficient (Wildman–Crippen LogP) is 1.32. The molecule has 0 aromatic carbocycles. The van der Waals surface area contributed by atoms with E-state index in [0.29, 0.717) is 6.42 Å². The fraction of sp³-hybridized carbons (Fsp3) is 0.909. The van der Waals surface area contributed by atoms with E-state index in [4.69, 9.17) is 4.84 Å². The van der Waals surface area contributed by atoms with Gasteiger partial charge in [-0.2, -0.15) is 0 Å². The smallest absolute Gasteiger partial charge is 0.244 e. The average molecular weight is 214 g/mol. The summed E-state index contributed by atoms with van der Waals surface area (Å²) in [5, 5.41) is 0. The van der Waals surface area contributed by atoms with E-state index in [9.17, 15) is 4.79 Å². The normalized spacial score (nSPS) is 18.1. The highest BCUT2D eigenvalue weighted by Gasteiger charge is 2.15. The Balaban J connectivity index is 2.08. The minimum atomic E-state index is -0.316. The number of hydrogen-bond donors (Lipinski definition) is 1. The first-order chi connectivity index (χ1) is 6.97. The quantitative estimate of drug-likeness (QED) is 0.718. The van der Waals surface area contributed by atoms with Crippen molar-refractivity contribution in [3.63, 3.8) is 0 Å². The summed E-state index contributed by atoms with van der Waals surface area (Å²) in [6.45, 7) is 8.84. The summed E-state index contributed by atoms with van der Waals surface area (Å²) >= 11 is 0. The zero-order chi connectivity index (χ0) is 11.3. The SMILES string of the molecule is CC(C)(C)ONC(=O)CCN1CCCC1. The number of nitrogens with zero attached hydrogens (tertiary/aromatic N) is 1. The van der Waals surface area contributed by atoms with Crippen molar-refractivity contribution in [2.75, 3.05) is 19.6 Å². The lowest BCUT2D eigenvalue weighted by Gasteiger charge is -2.19. The molecule has 15 heavy (non-hydrogen) atoms. The number of nitrogens with one attached hydrogen (secondary N) is 1. The number of carbonyl (C=O) groups excluding carboxylic acids is 1. The molecule has 4 heteroatoms. The van der Waals surface area contributed by atoms with E-state index in [0.717, 1.165) is 19.6 Å². The molecular weight excluding hydrogens is 192 g/mol. The molecule has 0 atom stereocenters. The number of carbonyl (C=O) groups is 1. The second-order valence-corrected chi connectivity index (χ2v) is 5.04. The van der Waals surface area contributed by atoms with E-state index in [1.807, 2.05) is 20.8 Å². The number of amides is 1. The molecule has 1 fully saturated rings. The number of likely N-dealkylation sites (tertiary alicyclic amines) is 1. The van der Waals surface area contributed by atoms with E-state index in [1.54, 1.807) is 0 Å². The fourth-order valence-electron chi connectivity index (χ4n) is 1.53. The molecule has 1 rings (SSSR count). The molecule has 1 aliphatic heterocycles. The maximum absolute atomic E-state index is 11.4. The molecule has 0 spiro atoms. The van der Waals surface area contributed by atoms with Crippen molar-refractivity contribution in [3.8, 4) is 0 Å². The van der Waals surface area contributed by atoms with Gasteiger partial charge >= 0.3 is 0 Å². The first kappa shape index (κ1) is 12.5. The lowest BCUT2D eigenvalue weighted by Crippen LogP contribution is -2.35. The maximum atomic E-state index is 11.4. The van der Waals surface area contributed by atoms with Crippen LogP contribution in [0.3, 0.4) is 0 Å². The van der Waals surface area contributed by atoms with Gasteiger partial charge in [0.05, 0.1) is 5.60 Å². The molecule has 0 aliphatic carbocycles. The van der Waals surface area contributed by atoms with Crippen LogP contribution >= 0.6 is 0 Å². The Bertz CT molecular complexity index is 205. The monoisotopic (exact) mass is 214 g/mol. The lowest BCUT2D eigenvalue weighted by molar-refractivity contribution is -0.145. The average Bonchev–Trinajstić information content (AvgIpc) is 2.62. The maximum Gasteiger partial charge on any atom is 0.244 e. The van der Waals surface area contributed by atoms with Crippen molar-refractivity contribution in [2.45, 2.75) is 45.6 Å². The summed E-state index contributed by atoms with van der Waals surface area (Å²) in [7, 11) is 0. The molecule has 0 saturated carbocycles. The molecule has 88 valence electrons. The Hall–Kier alpha value is -0.610. The first-order valence-electron chi connectivity index (χ1n) is 5.66. The Morgan fingerprint density at radius 1 is 1.33 bits per heavy atom. The van der Waals surface area contributed by atoms with Crippen molar-refractivity contribution >= 4 is 5.91 Å². The Labute approximate surface area is 91.9 Å². The Morgan fingerprint density at radius 3 is 2.47 bits per heavy atom. The van der Waals surface area contributed by atoms with Crippen molar-refractivity contribution in [3.05, 3.63) is 0 Å². The number of hydrogen-bond acceptors (Lipinski definition) is 3. The molecule has 1 saturated heterocycles. The highest BCUT2D eigenvalue weighted by atomic mass is 16.7. The van der Waals surface area contributed by atoms with Gasteiger partial charge in [-0.15, -0.1) is 0 Å². The van der Waals surface area contributed by atoms with Gasteiger partial charge < -0.3 is 4.90 Å². The van der Waals surface area contributed by atoms with Crippen LogP contribution in [0.4, 0.5) is 0 Å². The van der Waals surface area contributed by atoms with Crippen molar-refractivity contribution in [1.29, 1.82) is 0 Å². The van der Waals surface area contributed by atoms with Gasteiger partial charge in [0.1, 0.15) is 0 Å². The van der Waals surface area contributed by atoms with E-state index in [1.165, 1.54) is 12.8 Å². The standard InChI is InChI=1S/C11H22N2O2/c1-11(2,3)15-12-10(14)6-9-13-7-4-5-8-13/h4-9H2,1-3H3,(H,12,14). The van der Waals surface area contributed by atoms with E-state index in [-0.39, 0.29) is 11.5 Å². The highest BCUT2D eigenvalue weighted by Crippen LogP contribution is 2.07. The van der Waals surface area contributed by atoms with Gasteiger partial charge in [0.2, 0.25) is 5.91 Å². The van der Waals surface area contributed by atoms with Crippen LogP contribution in [0.15, 0.2) is 0 Å². The van der Waals surface area contributed by atoms with Gasteiger partial charge in [-0.05, 0) is 46.7 Å². The van der Waals surface area contributed by atoms with E-state index in [2.05, 4.69) is 10.4 Å². The molecule has 1 aliphatic rings. The summed E-state index contributed by atoms with van der Waals surface area (Å²) in [5.74, 6) is -0.0307. The molecular formula is C11H22N2O2. The summed E-state index contributed by atoms with van der Waals surface area (Å²) < 4.78 is 0. The molecule has 1 N–H and O–H groups in total. The molecule has 0 bridgehead atoms. The Morgan fingerprint density at radius 2 is 1.93 bits per heavy atom. The molecule has 0 aromatic rings. The molecule has 0 radical (unpaired) electrons. The lowest BCUT2D eigenvalue weighted by atomic mass is 10.2. The Kier molecular flexibility index (Phi) is 4.54. The minimum absolute atomic E-state index is 0.0307. The van der Waals surface area contributed by atoms with Crippen LogP contribution in [-0.2, 0) is 9.63 Å². The molecule has 0 unspecified atom stereocenters. The van der Waals surface area contributed by atoms with Gasteiger partial charge in [-0.1, -0.05) is 0 Å². The van der Waals surface area contributed by atoms with Crippen LogP contribution in [0, 0.1) is 0 Å². The second kappa shape index (κ2) is 5.47. The van der Waals surface area contributed by atoms with Crippen LogP contribution in [-0.4, -0.2) is 36.0 Å². The van der Waals surface area contributed by atoms with Crippen LogP contribution in [0.1, 0.15) is 40.0 Å². The molecule has 1 amide bonds. The van der Waals surface area contributed by atoms with Crippen LogP contribution in [0.2, 0.25) is 0 Å². The van der Waals surface area contributed by atoms with Crippen LogP contribution in [0.5, 0.6) is 0 Å².